The highest BCUT2D eigenvalue weighted by Gasteiger charge is 2.39. The summed E-state index contributed by atoms with van der Waals surface area (Å²) in [5.74, 6) is 0.994. The molecule has 2 fully saturated rings. The van der Waals surface area contributed by atoms with Crippen molar-refractivity contribution in [1.29, 1.82) is 0 Å². The molecular weight excluding hydrogens is 172 g/mol. The fraction of sp³-hybridized carbons (Fsp3) is 1.00. The van der Waals surface area contributed by atoms with Gasteiger partial charge in [0.1, 0.15) is 0 Å². The smallest absolute Gasteiger partial charge is 0.0246 e. The van der Waals surface area contributed by atoms with Crippen LogP contribution in [-0.4, -0.2) is 37.1 Å². The molecule has 2 aliphatic rings. The molecule has 1 heterocycles. The minimum atomic E-state index is 0.392. The van der Waals surface area contributed by atoms with Crippen molar-refractivity contribution >= 4 is 0 Å². The topological polar surface area (TPSA) is 15.3 Å². The van der Waals surface area contributed by atoms with Crippen molar-refractivity contribution in [2.24, 2.45) is 11.3 Å². The van der Waals surface area contributed by atoms with Crippen molar-refractivity contribution in [3.8, 4) is 0 Å². The van der Waals surface area contributed by atoms with Crippen LogP contribution in [0.2, 0.25) is 0 Å². The van der Waals surface area contributed by atoms with Crippen molar-refractivity contribution < 1.29 is 0 Å². The van der Waals surface area contributed by atoms with Gasteiger partial charge in [0.2, 0.25) is 0 Å². The van der Waals surface area contributed by atoms with Crippen LogP contribution in [0.25, 0.3) is 0 Å². The predicted octanol–water partition coefficient (Wildman–Crippen LogP) is 1.71. The van der Waals surface area contributed by atoms with E-state index in [1.54, 1.807) is 0 Å². The second kappa shape index (κ2) is 3.49. The summed E-state index contributed by atoms with van der Waals surface area (Å²) in [6.45, 7) is 9.40. The molecule has 0 amide bonds. The van der Waals surface area contributed by atoms with Gasteiger partial charge in [0.15, 0.2) is 0 Å². The number of rotatable bonds is 1. The molecule has 2 heteroatoms. The van der Waals surface area contributed by atoms with E-state index in [1.807, 2.05) is 0 Å². The van der Waals surface area contributed by atoms with Gasteiger partial charge in [-0.25, -0.2) is 0 Å². The molecule has 0 aromatic rings. The molecule has 2 atom stereocenters. The summed E-state index contributed by atoms with van der Waals surface area (Å²) in [5, 5.41) is 3.72. The quantitative estimate of drug-likeness (QED) is 0.687. The molecule has 0 spiro atoms. The summed E-state index contributed by atoms with van der Waals surface area (Å²) in [7, 11) is 2.29. The van der Waals surface area contributed by atoms with Crippen LogP contribution < -0.4 is 5.32 Å². The van der Waals surface area contributed by atoms with Gasteiger partial charge in [0, 0.05) is 25.2 Å². The van der Waals surface area contributed by atoms with Crippen LogP contribution in [0.15, 0.2) is 0 Å². The lowest BCUT2D eigenvalue weighted by Gasteiger charge is -2.43. The zero-order valence-electron chi connectivity index (χ0n) is 10.0. The number of likely N-dealkylation sites (N-methyl/N-ethyl adjacent to an activating group) is 1. The highest BCUT2D eigenvalue weighted by atomic mass is 15.2. The monoisotopic (exact) mass is 196 g/mol. The largest absolute Gasteiger partial charge is 0.311 e. The summed E-state index contributed by atoms with van der Waals surface area (Å²) in [5.41, 5.74) is 0.392. The molecule has 1 saturated heterocycles. The van der Waals surface area contributed by atoms with Crippen molar-refractivity contribution in [3.63, 3.8) is 0 Å². The third kappa shape index (κ3) is 2.12. The van der Waals surface area contributed by atoms with Crippen molar-refractivity contribution in [1.82, 2.24) is 10.2 Å². The first-order chi connectivity index (χ1) is 6.48. The summed E-state index contributed by atoms with van der Waals surface area (Å²) in [4.78, 5) is 2.57. The van der Waals surface area contributed by atoms with E-state index in [0.717, 1.165) is 12.0 Å². The van der Waals surface area contributed by atoms with E-state index in [2.05, 4.69) is 38.0 Å². The van der Waals surface area contributed by atoms with Crippen molar-refractivity contribution in [2.75, 3.05) is 20.1 Å². The van der Waals surface area contributed by atoms with E-state index in [0.29, 0.717) is 11.5 Å². The van der Waals surface area contributed by atoms with Crippen LogP contribution in [-0.2, 0) is 0 Å². The van der Waals surface area contributed by atoms with E-state index >= 15 is 0 Å². The highest BCUT2D eigenvalue weighted by molar-refractivity contribution is 4.96. The average Bonchev–Trinajstić information content (AvgIpc) is 2.85. The molecule has 0 aromatic carbocycles. The van der Waals surface area contributed by atoms with Crippen LogP contribution in [0.4, 0.5) is 0 Å². The molecule has 82 valence electrons. The number of hydrogen-bond donors (Lipinski definition) is 1. The van der Waals surface area contributed by atoms with E-state index in [9.17, 15) is 0 Å². The third-order valence-electron chi connectivity index (χ3n) is 3.82. The van der Waals surface area contributed by atoms with Gasteiger partial charge in [-0.15, -0.1) is 0 Å². The van der Waals surface area contributed by atoms with Gasteiger partial charge in [-0.2, -0.15) is 0 Å². The van der Waals surface area contributed by atoms with E-state index < -0.39 is 0 Å². The number of hydrogen-bond acceptors (Lipinski definition) is 2. The molecule has 0 bridgehead atoms. The fourth-order valence-corrected chi connectivity index (χ4v) is 2.49. The molecule has 0 radical (unpaired) electrons. The molecule has 2 rings (SSSR count). The van der Waals surface area contributed by atoms with Crippen molar-refractivity contribution in [2.45, 2.75) is 45.7 Å². The van der Waals surface area contributed by atoms with Gasteiger partial charge in [0.05, 0.1) is 0 Å². The Bertz CT molecular complexity index is 203. The zero-order valence-corrected chi connectivity index (χ0v) is 10.0. The lowest BCUT2D eigenvalue weighted by molar-refractivity contribution is 0.0976. The first-order valence-electron chi connectivity index (χ1n) is 5.92. The van der Waals surface area contributed by atoms with Gasteiger partial charge in [-0.3, -0.25) is 0 Å². The number of piperazine rings is 1. The van der Waals surface area contributed by atoms with E-state index in [4.69, 9.17) is 0 Å². The van der Waals surface area contributed by atoms with Gasteiger partial charge in [-0.05, 0) is 31.2 Å². The molecule has 1 saturated carbocycles. The van der Waals surface area contributed by atoms with Gasteiger partial charge in [0.25, 0.3) is 0 Å². The van der Waals surface area contributed by atoms with Crippen LogP contribution in [0, 0.1) is 11.3 Å². The normalized spacial score (nSPS) is 36.0. The minimum Gasteiger partial charge on any atom is -0.311 e. The summed E-state index contributed by atoms with van der Waals surface area (Å²) in [6, 6.07) is 1.47. The van der Waals surface area contributed by atoms with Gasteiger partial charge >= 0.3 is 0 Å². The molecule has 1 N–H and O–H groups in total. The second-order valence-electron chi connectivity index (χ2n) is 6.17. The molecule has 1 aliphatic carbocycles. The Labute approximate surface area is 88.1 Å². The Morgan fingerprint density at radius 3 is 2.29 bits per heavy atom. The van der Waals surface area contributed by atoms with Crippen LogP contribution in [0.3, 0.4) is 0 Å². The Morgan fingerprint density at radius 2 is 1.86 bits per heavy atom. The number of nitrogens with zero attached hydrogens (tertiary/aromatic N) is 1. The Balaban J connectivity index is 1.92. The average molecular weight is 196 g/mol. The second-order valence-corrected chi connectivity index (χ2v) is 6.17. The summed E-state index contributed by atoms with van der Waals surface area (Å²) in [6.07, 6.45) is 2.91. The molecule has 1 aliphatic heterocycles. The third-order valence-corrected chi connectivity index (χ3v) is 3.82. The van der Waals surface area contributed by atoms with E-state index in [-0.39, 0.29) is 0 Å². The molecule has 2 nitrogen and oxygen atoms in total. The first kappa shape index (κ1) is 10.4. The van der Waals surface area contributed by atoms with Gasteiger partial charge in [-0.1, -0.05) is 20.8 Å². The SMILES string of the molecule is CN1CC(C(C)(C)C)NCC1C1CC1. The van der Waals surface area contributed by atoms with Crippen molar-refractivity contribution in [3.05, 3.63) is 0 Å². The standard InChI is InChI=1S/C12H24N2/c1-12(2,3)11-8-14(4)10(7-13-11)9-5-6-9/h9-11,13H,5-8H2,1-4H3. The first-order valence-corrected chi connectivity index (χ1v) is 5.92. The summed E-state index contributed by atoms with van der Waals surface area (Å²) >= 11 is 0. The van der Waals surface area contributed by atoms with E-state index in [1.165, 1.54) is 25.9 Å². The van der Waals surface area contributed by atoms with Crippen LogP contribution in [0.1, 0.15) is 33.6 Å². The van der Waals surface area contributed by atoms with Gasteiger partial charge < -0.3 is 10.2 Å². The zero-order chi connectivity index (χ0) is 10.3. The Kier molecular flexibility index (Phi) is 2.61. The fourth-order valence-electron chi connectivity index (χ4n) is 2.49. The minimum absolute atomic E-state index is 0.392. The molecule has 14 heavy (non-hydrogen) atoms. The Hall–Kier alpha value is -0.0800. The Morgan fingerprint density at radius 1 is 1.21 bits per heavy atom. The molecule has 2 unspecified atom stereocenters. The van der Waals surface area contributed by atoms with Crippen LogP contribution in [0.5, 0.6) is 0 Å². The molecule has 0 aromatic heterocycles. The maximum atomic E-state index is 3.72. The van der Waals surface area contributed by atoms with Crippen LogP contribution >= 0.6 is 0 Å². The highest BCUT2D eigenvalue weighted by Crippen LogP contribution is 2.36. The number of nitrogens with one attached hydrogen (secondary N) is 1. The lowest BCUT2D eigenvalue weighted by Crippen LogP contribution is -2.59. The predicted molar refractivity (Wildman–Crippen MR) is 60.4 cm³/mol. The maximum Gasteiger partial charge on any atom is 0.0246 e. The lowest BCUT2D eigenvalue weighted by atomic mass is 9.84. The molecular formula is C12H24N2. The maximum absolute atomic E-state index is 3.72. The summed E-state index contributed by atoms with van der Waals surface area (Å²) < 4.78 is 0.